The van der Waals surface area contributed by atoms with Gasteiger partial charge in [-0.1, -0.05) is 12.1 Å². The number of aryl methyl sites for hydroxylation is 2. The molecule has 2 rings (SSSR count). The zero-order valence-corrected chi connectivity index (χ0v) is 8.75. The van der Waals surface area contributed by atoms with Gasteiger partial charge in [0.25, 0.3) is 0 Å². The smallest absolute Gasteiger partial charge is 0.0486 e. The van der Waals surface area contributed by atoms with Gasteiger partial charge in [-0.25, -0.2) is 0 Å². The fourth-order valence-corrected chi connectivity index (χ4v) is 1.91. The lowest BCUT2D eigenvalue weighted by Gasteiger charge is -2.02. The Morgan fingerprint density at radius 1 is 1.29 bits per heavy atom. The summed E-state index contributed by atoms with van der Waals surface area (Å²) in [5, 5.41) is 1.34. The molecular weight excluding hydrogens is 172 g/mol. The second kappa shape index (κ2) is 3.46. The van der Waals surface area contributed by atoms with Crippen molar-refractivity contribution < 1.29 is 0 Å². The van der Waals surface area contributed by atoms with Crippen LogP contribution in [0.5, 0.6) is 0 Å². The molecule has 0 amide bonds. The Hall–Kier alpha value is -1.28. The molecule has 1 aromatic carbocycles. The van der Waals surface area contributed by atoms with Gasteiger partial charge >= 0.3 is 0 Å². The molecule has 2 nitrogen and oxygen atoms in total. The zero-order valence-electron chi connectivity index (χ0n) is 8.75. The molecule has 2 heteroatoms. The van der Waals surface area contributed by atoms with Crippen LogP contribution in [0, 0.1) is 13.8 Å². The van der Waals surface area contributed by atoms with Crippen LogP contribution in [0.2, 0.25) is 0 Å². The van der Waals surface area contributed by atoms with E-state index in [1.807, 2.05) is 0 Å². The Morgan fingerprint density at radius 3 is 2.79 bits per heavy atom. The van der Waals surface area contributed by atoms with E-state index < -0.39 is 0 Å². The van der Waals surface area contributed by atoms with Crippen molar-refractivity contribution in [3.05, 3.63) is 35.5 Å². The van der Waals surface area contributed by atoms with E-state index in [9.17, 15) is 0 Å². The minimum Gasteiger partial charge on any atom is -0.346 e. The Bertz CT molecular complexity index is 455. The average molecular weight is 188 g/mol. The molecule has 0 unspecified atom stereocenters. The highest BCUT2D eigenvalue weighted by atomic mass is 15.0. The Kier molecular flexibility index (Phi) is 2.30. The average Bonchev–Trinajstić information content (AvgIpc) is 2.44. The van der Waals surface area contributed by atoms with Crippen molar-refractivity contribution >= 4 is 10.9 Å². The van der Waals surface area contributed by atoms with E-state index in [1.54, 1.807) is 0 Å². The van der Waals surface area contributed by atoms with Crippen molar-refractivity contribution in [3.8, 4) is 0 Å². The van der Waals surface area contributed by atoms with Gasteiger partial charge in [0.2, 0.25) is 0 Å². The van der Waals surface area contributed by atoms with E-state index in [2.05, 4.69) is 42.8 Å². The van der Waals surface area contributed by atoms with Gasteiger partial charge in [0, 0.05) is 30.2 Å². The molecule has 0 saturated carbocycles. The lowest BCUT2D eigenvalue weighted by Crippen LogP contribution is -2.08. The van der Waals surface area contributed by atoms with Crippen LogP contribution in [-0.4, -0.2) is 11.1 Å². The first-order valence-electron chi connectivity index (χ1n) is 4.98. The summed E-state index contributed by atoms with van der Waals surface area (Å²) in [6, 6.07) is 6.56. The highest BCUT2D eigenvalue weighted by molar-refractivity contribution is 5.84. The standard InChI is InChI=1S/C12H16N2/c1-9-3-4-11-10(2)8-14(6-5-13)12(11)7-9/h3-4,7-8H,5-6,13H2,1-2H3. The monoisotopic (exact) mass is 188 g/mol. The van der Waals surface area contributed by atoms with Crippen LogP contribution in [0.1, 0.15) is 11.1 Å². The van der Waals surface area contributed by atoms with Gasteiger partial charge in [-0.05, 0) is 31.0 Å². The number of benzene rings is 1. The van der Waals surface area contributed by atoms with Crippen LogP contribution in [0.4, 0.5) is 0 Å². The van der Waals surface area contributed by atoms with Gasteiger partial charge in [0.15, 0.2) is 0 Å². The molecule has 0 saturated heterocycles. The van der Waals surface area contributed by atoms with Crippen LogP contribution in [0.3, 0.4) is 0 Å². The van der Waals surface area contributed by atoms with E-state index >= 15 is 0 Å². The first-order valence-corrected chi connectivity index (χ1v) is 4.98. The molecule has 0 fully saturated rings. The predicted octanol–water partition coefficient (Wildman–Crippen LogP) is 2.22. The summed E-state index contributed by atoms with van der Waals surface area (Å²) in [5.74, 6) is 0. The molecule has 74 valence electrons. The first kappa shape index (κ1) is 9.28. The van der Waals surface area contributed by atoms with Gasteiger partial charge in [-0.15, -0.1) is 0 Å². The summed E-state index contributed by atoms with van der Waals surface area (Å²) in [5.41, 5.74) is 9.50. The van der Waals surface area contributed by atoms with E-state index in [-0.39, 0.29) is 0 Å². The largest absolute Gasteiger partial charge is 0.346 e. The number of nitrogens with zero attached hydrogens (tertiary/aromatic N) is 1. The van der Waals surface area contributed by atoms with Crippen molar-refractivity contribution in [1.29, 1.82) is 0 Å². The zero-order chi connectivity index (χ0) is 10.1. The predicted molar refractivity (Wildman–Crippen MR) is 60.5 cm³/mol. The fraction of sp³-hybridized carbons (Fsp3) is 0.333. The molecule has 0 aliphatic heterocycles. The number of rotatable bonds is 2. The van der Waals surface area contributed by atoms with E-state index in [4.69, 9.17) is 5.73 Å². The lowest BCUT2D eigenvalue weighted by molar-refractivity contribution is 0.734. The van der Waals surface area contributed by atoms with Gasteiger partial charge in [-0.3, -0.25) is 0 Å². The van der Waals surface area contributed by atoms with Crippen LogP contribution < -0.4 is 5.73 Å². The fourth-order valence-electron chi connectivity index (χ4n) is 1.91. The molecular formula is C12H16N2. The van der Waals surface area contributed by atoms with Gasteiger partial charge in [0.05, 0.1) is 0 Å². The number of hydrogen-bond donors (Lipinski definition) is 1. The Balaban J connectivity index is 2.66. The third kappa shape index (κ3) is 1.42. The van der Waals surface area contributed by atoms with E-state index in [0.29, 0.717) is 6.54 Å². The maximum absolute atomic E-state index is 5.58. The van der Waals surface area contributed by atoms with Crippen molar-refractivity contribution in [3.63, 3.8) is 0 Å². The van der Waals surface area contributed by atoms with E-state index in [0.717, 1.165) is 6.54 Å². The van der Waals surface area contributed by atoms with Gasteiger partial charge in [0.1, 0.15) is 0 Å². The third-order valence-corrected chi connectivity index (χ3v) is 2.61. The highest BCUT2D eigenvalue weighted by Gasteiger charge is 2.03. The number of nitrogens with two attached hydrogens (primary N) is 1. The maximum Gasteiger partial charge on any atom is 0.0486 e. The molecule has 0 bridgehead atoms. The lowest BCUT2D eigenvalue weighted by atomic mass is 10.1. The van der Waals surface area contributed by atoms with Crippen LogP contribution in [0.25, 0.3) is 10.9 Å². The van der Waals surface area contributed by atoms with Crippen molar-refractivity contribution in [2.75, 3.05) is 6.54 Å². The molecule has 0 aliphatic carbocycles. The van der Waals surface area contributed by atoms with Crippen LogP contribution >= 0.6 is 0 Å². The maximum atomic E-state index is 5.58. The summed E-state index contributed by atoms with van der Waals surface area (Å²) in [6.07, 6.45) is 2.18. The van der Waals surface area contributed by atoms with Crippen molar-refractivity contribution in [1.82, 2.24) is 4.57 Å². The van der Waals surface area contributed by atoms with Crippen molar-refractivity contribution in [2.24, 2.45) is 5.73 Å². The minimum atomic E-state index is 0.692. The molecule has 2 aromatic rings. The normalized spacial score (nSPS) is 11.1. The highest BCUT2D eigenvalue weighted by Crippen LogP contribution is 2.21. The second-order valence-electron chi connectivity index (χ2n) is 3.81. The van der Waals surface area contributed by atoms with Crippen LogP contribution in [-0.2, 0) is 6.54 Å². The van der Waals surface area contributed by atoms with Gasteiger partial charge in [-0.2, -0.15) is 0 Å². The van der Waals surface area contributed by atoms with Gasteiger partial charge < -0.3 is 10.3 Å². The first-order chi connectivity index (χ1) is 6.72. The molecule has 0 aliphatic rings. The number of hydrogen-bond acceptors (Lipinski definition) is 1. The summed E-state index contributed by atoms with van der Waals surface area (Å²) in [4.78, 5) is 0. The quantitative estimate of drug-likeness (QED) is 0.769. The molecule has 1 aromatic heterocycles. The molecule has 0 atom stereocenters. The number of aromatic nitrogens is 1. The van der Waals surface area contributed by atoms with Crippen LogP contribution in [0.15, 0.2) is 24.4 Å². The summed E-state index contributed by atoms with van der Waals surface area (Å²) >= 11 is 0. The molecule has 1 heterocycles. The second-order valence-corrected chi connectivity index (χ2v) is 3.81. The Morgan fingerprint density at radius 2 is 2.07 bits per heavy atom. The SMILES string of the molecule is Cc1ccc2c(C)cn(CCN)c2c1. The summed E-state index contributed by atoms with van der Waals surface area (Å²) in [7, 11) is 0. The minimum absolute atomic E-state index is 0.692. The number of fused-ring (bicyclic) bond motifs is 1. The molecule has 2 N–H and O–H groups in total. The summed E-state index contributed by atoms with van der Waals surface area (Å²) in [6.45, 7) is 5.85. The summed E-state index contributed by atoms with van der Waals surface area (Å²) < 4.78 is 2.23. The molecule has 0 spiro atoms. The molecule has 14 heavy (non-hydrogen) atoms. The third-order valence-electron chi connectivity index (χ3n) is 2.61. The Labute approximate surface area is 84.3 Å². The topological polar surface area (TPSA) is 30.9 Å². The molecule has 0 radical (unpaired) electrons. The van der Waals surface area contributed by atoms with Crippen molar-refractivity contribution in [2.45, 2.75) is 20.4 Å². The van der Waals surface area contributed by atoms with E-state index in [1.165, 1.54) is 22.0 Å².